The van der Waals surface area contributed by atoms with Gasteiger partial charge in [-0.1, -0.05) is 26.8 Å². The van der Waals surface area contributed by atoms with Gasteiger partial charge in [0.25, 0.3) is 0 Å². The molecule has 2 fully saturated rings. The van der Waals surface area contributed by atoms with Crippen LogP contribution in [0.5, 0.6) is 0 Å². The van der Waals surface area contributed by atoms with Gasteiger partial charge in [-0.3, -0.25) is 0 Å². The molecular formula is C14H22O. The van der Waals surface area contributed by atoms with E-state index in [-0.39, 0.29) is 6.10 Å². The van der Waals surface area contributed by atoms with E-state index in [9.17, 15) is 5.11 Å². The molecule has 1 heteroatoms. The van der Waals surface area contributed by atoms with Gasteiger partial charge >= 0.3 is 0 Å². The molecule has 0 saturated heterocycles. The summed E-state index contributed by atoms with van der Waals surface area (Å²) in [6, 6.07) is 0. The lowest BCUT2D eigenvalue weighted by Gasteiger charge is -2.37. The summed E-state index contributed by atoms with van der Waals surface area (Å²) in [6.45, 7) is 7.20. The fourth-order valence-corrected chi connectivity index (χ4v) is 4.36. The van der Waals surface area contributed by atoms with Gasteiger partial charge in [-0.15, -0.1) is 0 Å². The summed E-state index contributed by atoms with van der Waals surface area (Å²) in [5.41, 5.74) is 1.93. The summed E-state index contributed by atoms with van der Waals surface area (Å²) >= 11 is 0. The van der Waals surface area contributed by atoms with Crippen LogP contribution < -0.4 is 0 Å². The van der Waals surface area contributed by atoms with Crippen LogP contribution in [0.15, 0.2) is 11.6 Å². The average molecular weight is 206 g/mol. The first-order valence-electron chi connectivity index (χ1n) is 6.41. The third-order valence-electron chi connectivity index (χ3n) is 5.41. The molecule has 5 unspecified atom stereocenters. The molecule has 1 nitrogen and oxygen atoms in total. The maximum Gasteiger partial charge on any atom is 0.0753 e. The van der Waals surface area contributed by atoms with Crippen molar-refractivity contribution in [2.45, 2.75) is 46.1 Å². The topological polar surface area (TPSA) is 20.2 Å². The van der Waals surface area contributed by atoms with Crippen LogP contribution >= 0.6 is 0 Å². The van der Waals surface area contributed by atoms with Crippen LogP contribution in [0.25, 0.3) is 0 Å². The minimum absolute atomic E-state index is 0.122. The molecule has 0 spiro atoms. The number of hydrogen-bond acceptors (Lipinski definition) is 1. The Morgan fingerprint density at radius 3 is 2.80 bits per heavy atom. The first-order chi connectivity index (χ1) is 7.03. The molecule has 3 aliphatic rings. The van der Waals surface area contributed by atoms with Crippen molar-refractivity contribution in [1.82, 2.24) is 0 Å². The molecule has 0 amide bonds. The second kappa shape index (κ2) is 2.88. The molecule has 0 aromatic carbocycles. The maximum atomic E-state index is 10.1. The predicted octanol–water partition coefficient (Wildman–Crippen LogP) is 3.00. The minimum Gasteiger partial charge on any atom is -0.389 e. The second-order valence-corrected chi connectivity index (χ2v) is 6.49. The molecule has 5 atom stereocenters. The highest BCUT2D eigenvalue weighted by atomic mass is 16.3. The molecular weight excluding hydrogens is 184 g/mol. The van der Waals surface area contributed by atoms with Crippen LogP contribution in [-0.2, 0) is 0 Å². The maximum absolute atomic E-state index is 10.1. The van der Waals surface area contributed by atoms with Crippen LogP contribution in [0, 0.1) is 29.1 Å². The van der Waals surface area contributed by atoms with Crippen LogP contribution in [0.1, 0.15) is 40.0 Å². The minimum atomic E-state index is -0.122. The number of rotatable bonds is 0. The van der Waals surface area contributed by atoms with Gasteiger partial charge in [0.15, 0.2) is 0 Å². The Labute approximate surface area is 92.6 Å². The molecule has 0 heterocycles. The molecule has 3 aliphatic carbocycles. The quantitative estimate of drug-likeness (QED) is 0.604. The molecule has 84 valence electrons. The van der Waals surface area contributed by atoms with Gasteiger partial charge in [-0.2, -0.15) is 0 Å². The largest absolute Gasteiger partial charge is 0.389 e. The van der Waals surface area contributed by atoms with Crippen molar-refractivity contribution in [1.29, 1.82) is 0 Å². The van der Waals surface area contributed by atoms with Crippen molar-refractivity contribution < 1.29 is 5.11 Å². The third kappa shape index (κ3) is 1.19. The molecule has 15 heavy (non-hydrogen) atoms. The van der Waals surface area contributed by atoms with Gasteiger partial charge in [-0.05, 0) is 53.9 Å². The number of hydrogen-bond donors (Lipinski definition) is 1. The van der Waals surface area contributed by atoms with E-state index >= 15 is 0 Å². The van der Waals surface area contributed by atoms with Gasteiger partial charge in [0, 0.05) is 0 Å². The van der Waals surface area contributed by atoms with E-state index in [1.165, 1.54) is 18.4 Å². The van der Waals surface area contributed by atoms with E-state index in [2.05, 4.69) is 26.8 Å². The molecule has 1 N–H and O–H groups in total. The van der Waals surface area contributed by atoms with Crippen LogP contribution in [0.2, 0.25) is 0 Å². The fourth-order valence-electron chi connectivity index (χ4n) is 4.36. The van der Waals surface area contributed by atoms with Gasteiger partial charge < -0.3 is 5.11 Å². The third-order valence-corrected chi connectivity index (χ3v) is 5.41. The Bertz CT molecular complexity index is 315. The number of aliphatic hydroxyl groups is 1. The predicted molar refractivity (Wildman–Crippen MR) is 61.4 cm³/mol. The summed E-state index contributed by atoms with van der Waals surface area (Å²) in [5, 5.41) is 10.1. The van der Waals surface area contributed by atoms with E-state index in [4.69, 9.17) is 0 Å². The van der Waals surface area contributed by atoms with Gasteiger partial charge in [-0.25, -0.2) is 0 Å². The molecule has 0 bridgehead atoms. The van der Waals surface area contributed by atoms with E-state index < -0.39 is 0 Å². The fraction of sp³-hybridized carbons (Fsp3) is 0.857. The Kier molecular flexibility index (Phi) is 1.90. The summed E-state index contributed by atoms with van der Waals surface area (Å²) < 4.78 is 0. The van der Waals surface area contributed by atoms with Crippen LogP contribution in [0.4, 0.5) is 0 Å². The highest BCUT2D eigenvalue weighted by Gasteiger charge is 2.63. The highest BCUT2D eigenvalue weighted by Crippen LogP contribution is 2.69. The Morgan fingerprint density at radius 2 is 2.07 bits per heavy atom. The average Bonchev–Trinajstić information content (AvgIpc) is 2.76. The molecule has 0 aromatic rings. The summed E-state index contributed by atoms with van der Waals surface area (Å²) in [7, 11) is 0. The molecule has 0 aromatic heterocycles. The lowest BCUT2D eigenvalue weighted by Crippen LogP contribution is -2.33. The number of aliphatic hydroxyl groups excluding tert-OH is 1. The van der Waals surface area contributed by atoms with Crippen molar-refractivity contribution in [2.24, 2.45) is 29.1 Å². The summed E-state index contributed by atoms with van der Waals surface area (Å²) in [6.07, 6.45) is 5.65. The van der Waals surface area contributed by atoms with Crippen molar-refractivity contribution in [3.8, 4) is 0 Å². The lowest BCUT2D eigenvalue weighted by molar-refractivity contribution is 0.117. The molecule has 3 rings (SSSR count). The molecule has 2 saturated carbocycles. The number of fused-ring (bicyclic) bond motifs is 3. The van der Waals surface area contributed by atoms with E-state index in [1.54, 1.807) is 0 Å². The zero-order valence-corrected chi connectivity index (χ0v) is 10.0. The Morgan fingerprint density at radius 1 is 1.33 bits per heavy atom. The zero-order chi connectivity index (χ0) is 10.8. The molecule has 0 radical (unpaired) electrons. The van der Waals surface area contributed by atoms with Crippen LogP contribution in [0.3, 0.4) is 0 Å². The van der Waals surface area contributed by atoms with Gasteiger partial charge in [0.05, 0.1) is 6.10 Å². The van der Waals surface area contributed by atoms with Gasteiger partial charge in [0.1, 0.15) is 0 Å². The Hall–Kier alpha value is -0.300. The van der Waals surface area contributed by atoms with Crippen LogP contribution in [-0.4, -0.2) is 11.2 Å². The van der Waals surface area contributed by atoms with E-state index in [0.717, 1.165) is 24.2 Å². The normalized spacial score (nSPS) is 51.5. The first-order valence-corrected chi connectivity index (χ1v) is 6.41. The van der Waals surface area contributed by atoms with Crippen molar-refractivity contribution in [2.75, 3.05) is 0 Å². The van der Waals surface area contributed by atoms with Crippen molar-refractivity contribution in [3.05, 3.63) is 11.6 Å². The Balaban J connectivity index is 1.94. The first kappa shape index (κ1) is 9.89. The smallest absolute Gasteiger partial charge is 0.0753 e. The number of allylic oxidation sites excluding steroid dienone is 1. The monoisotopic (exact) mass is 206 g/mol. The van der Waals surface area contributed by atoms with Crippen molar-refractivity contribution >= 4 is 0 Å². The van der Waals surface area contributed by atoms with E-state index in [1.807, 2.05) is 0 Å². The van der Waals surface area contributed by atoms with Gasteiger partial charge in [0.2, 0.25) is 0 Å². The second-order valence-electron chi connectivity index (χ2n) is 6.49. The highest BCUT2D eigenvalue weighted by molar-refractivity contribution is 5.29. The summed E-state index contributed by atoms with van der Waals surface area (Å²) in [4.78, 5) is 0. The zero-order valence-electron chi connectivity index (χ0n) is 10.0. The summed E-state index contributed by atoms with van der Waals surface area (Å²) in [5.74, 6) is 3.25. The standard InChI is InChI=1S/C14H22O/c1-8-4-7-11(15)9-5-6-10-13(12(8)9)14(10,2)3/h5,8,10-13,15H,4,6-7H2,1-3H3. The molecule has 0 aliphatic heterocycles. The van der Waals surface area contributed by atoms with Crippen molar-refractivity contribution in [3.63, 3.8) is 0 Å². The van der Waals surface area contributed by atoms with E-state index in [0.29, 0.717) is 11.3 Å². The SMILES string of the molecule is CC1CCC(O)C2=CCC3C(C21)C3(C)C. The lowest BCUT2D eigenvalue weighted by atomic mass is 9.69.